The van der Waals surface area contributed by atoms with E-state index in [0.29, 0.717) is 39.1 Å². The van der Waals surface area contributed by atoms with Crippen LogP contribution < -0.4 is 4.90 Å². The number of rotatable bonds is 5. The zero-order chi connectivity index (χ0) is 19.5. The van der Waals surface area contributed by atoms with E-state index in [9.17, 15) is 9.59 Å². The van der Waals surface area contributed by atoms with E-state index >= 15 is 0 Å². The minimum Gasteiger partial charge on any atom is -0.373 e. The molecule has 1 aromatic heterocycles. The Balaban J connectivity index is 1.33. The summed E-state index contributed by atoms with van der Waals surface area (Å²) in [5, 5.41) is 4.30. The van der Waals surface area contributed by atoms with Gasteiger partial charge in [0.05, 0.1) is 31.9 Å². The van der Waals surface area contributed by atoms with Crippen LogP contribution >= 0.6 is 0 Å². The molecule has 0 N–H and O–H groups in total. The van der Waals surface area contributed by atoms with Crippen molar-refractivity contribution >= 4 is 17.5 Å². The van der Waals surface area contributed by atoms with Crippen molar-refractivity contribution in [2.24, 2.45) is 0 Å². The number of ether oxygens (including phenoxy) is 1. The molecule has 0 aliphatic carbocycles. The first-order valence-electron chi connectivity index (χ1n) is 9.86. The highest BCUT2D eigenvalue weighted by molar-refractivity contribution is 5.95. The number of benzene rings is 1. The maximum Gasteiger partial charge on any atom is 0.227 e. The first kappa shape index (κ1) is 18.7. The lowest BCUT2D eigenvalue weighted by Gasteiger charge is -2.33. The molecule has 2 aliphatic heterocycles. The van der Waals surface area contributed by atoms with E-state index in [4.69, 9.17) is 4.74 Å². The molecule has 0 radical (unpaired) electrons. The van der Waals surface area contributed by atoms with E-state index in [1.54, 1.807) is 0 Å². The normalized spacial score (nSPS) is 20.0. The summed E-state index contributed by atoms with van der Waals surface area (Å²) in [7, 11) is 0. The Morgan fingerprint density at radius 3 is 2.75 bits per heavy atom. The molecule has 4 rings (SSSR count). The molecule has 1 unspecified atom stereocenters. The molecule has 7 heteroatoms. The van der Waals surface area contributed by atoms with Crippen LogP contribution in [0.25, 0.3) is 0 Å². The standard InChI is InChI=1S/C21H26N4O3/c1-16-12-22-24(13-16)15-19-14-23(9-10-28-19)21(27)11-17-4-6-18(7-5-17)25-8-2-3-20(25)26/h4-7,12-13,19H,2-3,8-11,14-15H2,1H3. The van der Waals surface area contributed by atoms with Crippen LogP contribution in [0.5, 0.6) is 0 Å². The molecule has 0 spiro atoms. The summed E-state index contributed by atoms with van der Waals surface area (Å²) in [5.41, 5.74) is 2.99. The van der Waals surface area contributed by atoms with Gasteiger partial charge < -0.3 is 14.5 Å². The lowest BCUT2D eigenvalue weighted by Crippen LogP contribution is -2.47. The minimum absolute atomic E-state index is 0.0412. The van der Waals surface area contributed by atoms with Crippen LogP contribution in [0.2, 0.25) is 0 Å². The second-order valence-electron chi connectivity index (χ2n) is 7.56. The maximum atomic E-state index is 12.7. The summed E-state index contributed by atoms with van der Waals surface area (Å²) >= 11 is 0. The summed E-state index contributed by atoms with van der Waals surface area (Å²) in [5.74, 6) is 0.283. The zero-order valence-corrected chi connectivity index (χ0v) is 16.2. The molecule has 7 nitrogen and oxygen atoms in total. The number of anilines is 1. The van der Waals surface area contributed by atoms with Gasteiger partial charge in [-0.2, -0.15) is 5.10 Å². The van der Waals surface area contributed by atoms with Crippen LogP contribution in [-0.2, 0) is 27.3 Å². The number of aromatic nitrogens is 2. The van der Waals surface area contributed by atoms with Crippen LogP contribution in [0.15, 0.2) is 36.7 Å². The monoisotopic (exact) mass is 382 g/mol. The van der Waals surface area contributed by atoms with Crippen molar-refractivity contribution in [1.29, 1.82) is 0 Å². The smallest absolute Gasteiger partial charge is 0.227 e. The van der Waals surface area contributed by atoms with E-state index in [0.717, 1.165) is 29.8 Å². The SMILES string of the molecule is Cc1cnn(CC2CN(C(=O)Cc3ccc(N4CCCC4=O)cc3)CCO2)c1. The molecule has 3 heterocycles. The van der Waals surface area contributed by atoms with E-state index < -0.39 is 0 Å². The van der Waals surface area contributed by atoms with Crippen LogP contribution in [-0.4, -0.2) is 58.8 Å². The molecule has 2 fully saturated rings. The van der Waals surface area contributed by atoms with Crippen molar-refractivity contribution in [1.82, 2.24) is 14.7 Å². The van der Waals surface area contributed by atoms with Gasteiger partial charge in [0.25, 0.3) is 0 Å². The molecule has 1 atom stereocenters. The highest BCUT2D eigenvalue weighted by Gasteiger charge is 2.25. The first-order chi connectivity index (χ1) is 13.6. The Morgan fingerprint density at radius 2 is 2.07 bits per heavy atom. The molecule has 2 saturated heterocycles. The summed E-state index contributed by atoms with van der Waals surface area (Å²) in [6, 6.07) is 7.77. The van der Waals surface area contributed by atoms with Gasteiger partial charge in [-0.3, -0.25) is 14.3 Å². The predicted molar refractivity (Wildman–Crippen MR) is 105 cm³/mol. The predicted octanol–water partition coefficient (Wildman–Crippen LogP) is 1.79. The second kappa shape index (κ2) is 8.14. The van der Waals surface area contributed by atoms with Gasteiger partial charge in [-0.15, -0.1) is 0 Å². The summed E-state index contributed by atoms with van der Waals surface area (Å²) < 4.78 is 7.68. The van der Waals surface area contributed by atoms with E-state index in [1.807, 2.05) is 58.1 Å². The highest BCUT2D eigenvalue weighted by Crippen LogP contribution is 2.22. The van der Waals surface area contributed by atoms with Crippen LogP contribution in [0.4, 0.5) is 5.69 Å². The van der Waals surface area contributed by atoms with E-state index in [1.165, 1.54) is 0 Å². The van der Waals surface area contributed by atoms with E-state index in [-0.39, 0.29) is 17.9 Å². The molecular weight excluding hydrogens is 356 g/mol. The van der Waals surface area contributed by atoms with Crippen molar-refractivity contribution in [2.45, 2.75) is 38.8 Å². The Hall–Kier alpha value is -2.67. The number of aryl methyl sites for hydroxylation is 1. The van der Waals surface area contributed by atoms with Crippen molar-refractivity contribution in [3.63, 3.8) is 0 Å². The molecule has 1 aromatic carbocycles. The van der Waals surface area contributed by atoms with Crippen LogP contribution in [0.1, 0.15) is 24.0 Å². The Labute approximate surface area is 164 Å². The topological polar surface area (TPSA) is 67.7 Å². The second-order valence-corrected chi connectivity index (χ2v) is 7.56. The van der Waals surface area contributed by atoms with Crippen molar-refractivity contribution < 1.29 is 14.3 Å². The fourth-order valence-corrected chi connectivity index (χ4v) is 3.83. The van der Waals surface area contributed by atoms with Gasteiger partial charge in [-0.1, -0.05) is 12.1 Å². The molecule has 0 bridgehead atoms. The maximum absolute atomic E-state index is 12.7. The number of hydrogen-bond acceptors (Lipinski definition) is 4. The van der Waals surface area contributed by atoms with Crippen molar-refractivity contribution in [2.75, 3.05) is 31.1 Å². The average molecular weight is 382 g/mol. The molecule has 28 heavy (non-hydrogen) atoms. The van der Waals surface area contributed by atoms with Gasteiger partial charge in [-0.05, 0) is 36.6 Å². The lowest BCUT2D eigenvalue weighted by molar-refractivity contribution is -0.138. The number of carbonyl (C=O) groups is 2. The summed E-state index contributed by atoms with van der Waals surface area (Å²) in [6.07, 6.45) is 5.66. The Bertz CT molecular complexity index is 846. The Morgan fingerprint density at radius 1 is 1.25 bits per heavy atom. The number of hydrogen-bond donors (Lipinski definition) is 0. The van der Waals surface area contributed by atoms with Gasteiger partial charge in [0.1, 0.15) is 0 Å². The largest absolute Gasteiger partial charge is 0.373 e. The average Bonchev–Trinajstić information content (AvgIpc) is 3.30. The summed E-state index contributed by atoms with van der Waals surface area (Å²) in [6.45, 7) is 5.18. The van der Waals surface area contributed by atoms with Crippen LogP contribution in [0, 0.1) is 6.92 Å². The van der Waals surface area contributed by atoms with Gasteiger partial charge in [-0.25, -0.2) is 0 Å². The van der Waals surface area contributed by atoms with Gasteiger partial charge in [0.15, 0.2) is 0 Å². The minimum atomic E-state index is -0.0412. The Kier molecular flexibility index (Phi) is 5.43. The highest BCUT2D eigenvalue weighted by atomic mass is 16.5. The third kappa shape index (κ3) is 4.25. The molecule has 2 aromatic rings. The quantitative estimate of drug-likeness (QED) is 0.791. The molecule has 148 valence electrons. The molecular formula is C21H26N4O3. The van der Waals surface area contributed by atoms with Gasteiger partial charge in [0.2, 0.25) is 11.8 Å². The zero-order valence-electron chi connectivity index (χ0n) is 16.2. The van der Waals surface area contributed by atoms with E-state index in [2.05, 4.69) is 5.10 Å². The summed E-state index contributed by atoms with van der Waals surface area (Å²) in [4.78, 5) is 28.3. The van der Waals surface area contributed by atoms with Crippen molar-refractivity contribution in [3.8, 4) is 0 Å². The van der Waals surface area contributed by atoms with Crippen molar-refractivity contribution in [3.05, 3.63) is 47.8 Å². The number of morpholine rings is 1. The number of nitrogens with zero attached hydrogens (tertiary/aromatic N) is 4. The number of amides is 2. The van der Waals surface area contributed by atoms with Crippen LogP contribution in [0.3, 0.4) is 0 Å². The third-order valence-corrected chi connectivity index (χ3v) is 5.32. The fourth-order valence-electron chi connectivity index (χ4n) is 3.83. The molecule has 2 aliphatic rings. The van der Waals surface area contributed by atoms with Gasteiger partial charge >= 0.3 is 0 Å². The number of carbonyl (C=O) groups excluding carboxylic acids is 2. The third-order valence-electron chi connectivity index (χ3n) is 5.32. The molecule has 0 saturated carbocycles. The lowest BCUT2D eigenvalue weighted by atomic mass is 10.1. The first-order valence-corrected chi connectivity index (χ1v) is 9.86. The van der Waals surface area contributed by atoms with Gasteiger partial charge in [0, 0.05) is 37.9 Å². The fraction of sp³-hybridized carbons (Fsp3) is 0.476. The molecule has 2 amide bonds.